The van der Waals surface area contributed by atoms with Crippen LogP contribution in [-0.4, -0.2) is 5.29 Å². The van der Waals surface area contributed by atoms with E-state index in [1.165, 1.54) is 46.7 Å². The van der Waals surface area contributed by atoms with Crippen LogP contribution in [-0.2, 0) is 0 Å². The van der Waals surface area contributed by atoms with E-state index in [2.05, 4.69) is 32.1 Å². The minimum absolute atomic E-state index is 1.29. The van der Waals surface area contributed by atoms with Gasteiger partial charge in [-0.2, -0.15) is 0 Å². The number of fused-ring (bicyclic) bond motifs is 1. The van der Waals surface area contributed by atoms with Gasteiger partial charge < -0.3 is 0 Å². The van der Waals surface area contributed by atoms with E-state index in [1.807, 2.05) is 0 Å². The zero-order valence-corrected chi connectivity index (χ0v) is 11.3. The van der Waals surface area contributed by atoms with Crippen LogP contribution in [0.1, 0.15) is 52.4 Å². The van der Waals surface area contributed by atoms with Gasteiger partial charge in [-0.1, -0.05) is 47.0 Å². The molecule has 0 spiro atoms. The third-order valence-corrected chi connectivity index (χ3v) is 4.66. The number of allylic oxidation sites excluding steroid dienone is 6. The summed E-state index contributed by atoms with van der Waals surface area (Å²) in [6.07, 6.45) is 14.7. The lowest BCUT2D eigenvalue weighted by Gasteiger charge is -2.07. The molecule has 0 saturated heterocycles. The fraction of sp³-hybridized carbons (Fsp3) is 0.533. The van der Waals surface area contributed by atoms with Crippen LogP contribution in [0.3, 0.4) is 0 Å². The summed E-state index contributed by atoms with van der Waals surface area (Å²) < 4.78 is 0. The quantitative estimate of drug-likeness (QED) is 0.549. The Morgan fingerprint density at radius 3 is 2.56 bits per heavy atom. The van der Waals surface area contributed by atoms with E-state index < -0.39 is 0 Å². The zero-order valence-electron chi connectivity index (χ0n) is 10.4. The monoisotopic (exact) mass is 232 g/mol. The second-order valence-electron chi connectivity index (χ2n) is 4.57. The highest BCUT2D eigenvalue weighted by molar-refractivity contribution is 7.47. The van der Waals surface area contributed by atoms with Gasteiger partial charge in [0.25, 0.3) is 0 Å². The van der Waals surface area contributed by atoms with Crippen LogP contribution in [0.5, 0.6) is 0 Å². The van der Waals surface area contributed by atoms with Crippen molar-refractivity contribution in [3.63, 3.8) is 0 Å². The molecular weight excluding hydrogens is 211 g/mol. The Hall–Kier alpha value is -0.610. The first-order chi connectivity index (χ1) is 7.86. The van der Waals surface area contributed by atoms with Gasteiger partial charge in [0.1, 0.15) is 0 Å². The first-order valence-electron chi connectivity index (χ1n) is 6.56. The van der Waals surface area contributed by atoms with E-state index in [9.17, 15) is 0 Å². The van der Waals surface area contributed by atoms with Crippen molar-refractivity contribution in [1.82, 2.24) is 0 Å². The van der Waals surface area contributed by atoms with Gasteiger partial charge in [0, 0.05) is 5.29 Å². The largest absolute Gasteiger partial charge is 0.0654 e. The molecule has 0 nitrogen and oxygen atoms in total. The van der Waals surface area contributed by atoms with Crippen LogP contribution in [0.2, 0.25) is 0 Å². The van der Waals surface area contributed by atoms with Gasteiger partial charge in [0.2, 0.25) is 0 Å². The summed E-state index contributed by atoms with van der Waals surface area (Å²) >= 11 is 0. The predicted octanol–water partition coefficient (Wildman–Crippen LogP) is 5.25. The van der Waals surface area contributed by atoms with Crippen LogP contribution in [0.25, 0.3) is 0 Å². The van der Waals surface area contributed by atoms with Gasteiger partial charge in [0.05, 0.1) is 0 Å². The molecule has 1 heterocycles. The molecule has 2 aliphatic rings. The van der Waals surface area contributed by atoms with Gasteiger partial charge in [-0.15, -0.1) is 0 Å². The normalized spacial score (nSPS) is 18.9. The van der Waals surface area contributed by atoms with Gasteiger partial charge in [-0.25, -0.2) is 0 Å². The molecule has 1 heteroatoms. The first kappa shape index (κ1) is 11.9. The Morgan fingerprint density at radius 1 is 1.06 bits per heavy atom. The van der Waals surface area contributed by atoms with Gasteiger partial charge >= 0.3 is 0 Å². The van der Waals surface area contributed by atoms with Crippen molar-refractivity contribution in [3.8, 4) is 0 Å². The third-order valence-electron chi connectivity index (χ3n) is 3.27. The molecule has 0 N–H and O–H groups in total. The van der Waals surface area contributed by atoms with Crippen LogP contribution >= 0.6 is 8.20 Å². The van der Waals surface area contributed by atoms with Crippen molar-refractivity contribution in [2.24, 2.45) is 0 Å². The topological polar surface area (TPSA) is 0 Å². The second kappa shape index (κ2) is 5.64. The highest BCUT2D eigenvalue weighted by Crippen LogP contribution is 2.42. The molecule has 0 aromatic heterocycles. The highest BCUT2D eigenvalue weighted by Gasteiger charge is 2.21. The smallest absolute Gasteiger partial charge is 0.00959 e. The third kappa shape index (κ3) is 2.38. The molecule has 0 saturated carbocycles. The number of hydrogen-bond acceptors (Lipinski definition) is 0. The number of hydrogen-bond donors (Lipinski definition) is 0. The SMILES string of the molecule is CCCCC1=C(CCCC)C2=CC=CC2=P1. The molecule has 1 aliphatic heterocycles. The molecule has 0 aromatic carbocycles. The molecule has 0 radical (unpaired) electrons. The van der Waals surface area contributed by atoms with Crippen molar-refractivity contribution in [1.29, 1.82) is 0 Å². The molecule has 1 aliphatic carbocycles. The fourth-order valence-electron chi connectivity index (χ4n) is 2.32. The van der Waals surface area contributed by atoms with E-state index >= 15 is 0 Å². The van der Waals surface area contributed by atoms with Crippen molar-refractivity contribution in [2.75, 3.05) is 0 Å². The van der Waals surface area contributed by atoms with Crippen LogP contribution < -0.4 is 0 Å². The molecule has 16 heavy (non-hydrogen) atoms. The van der Waals surface area contributed by atoms with E-state index in [0.717, 1.165) is 0 Å². The average molecular weight is 232 g/mol. The van der Waals surface area contributed by atoms with Crippen LogP contribution in [0.15, 0.2) is 34.7 Å². The minimum Gasteiger partial charge on any atom is -0.0654 e. The van der Waals surface area contributed by atoms with Crippen molar-refractivity contribution in [3.05, 3.63) is 34.7 Å². The summed E-state index contributed by atoms with van der Waals surface area (Å²) in [7, 11) is 1.50. The lowest BCUT2D eigenvalue weighted by atomic mass is 9.98. The van der Waals surface area contributed by atoms with Gasteiger partial charge in [0.15, 0.2) is 0 Å². The molecule has 0 bridgehead atoms. The predicted molar refractivity (Wildman–Crippen MR) is 75.2 cm³/mol. The van der Waals surface area contributed by atoms with E-state index in [4.69, 9.17) is 0 Å². The molecular formula is C15H21P. The van der Waals surface area contributed by atoms with E-state index in [1.54, 1.807) is 21.8 Å². The van der Waals surface area contributed by atoms with Crippen molar-refractivity contribution >= 4 is 13.5 Å². The summed E-state index contributed by atoms with van der Waals surface area (Å²) in [6.45, 7) is 4.57. The maximum atomic E-state index is 2.31. The lowest BCUT2D eigenvalue weighted by molar-refractivity contribution is 0.772. The Bertz CT molecular complexity index is 370. The summed E-state index contributed by atoms with van der Waals surface area (Å²) in [5.74, 6) is 0. The summed E-state index contributed by atoms with van der Waals surface area (Å²) in [5.41, 5.74) is 3.23. The minimum atomic E-state index is 1.29. The molecule has 0 amide bonds. The number of rotatable bonds is 6. The highest BCUT2D eigenvalue weighted by atomic mass is 31.1. The van der Waals surface area contributed by atoms with Gasteiger partial charge in [-0.05, 0) is 48.2 Å². The summed E-state index contributed by atoms with van der Waals surface area (Å²) in [4.78, 5) is 0. The lowest BCUT2D eigenvalue weighted by Crippen LogP contribution is -1.93. The molecule has 0 aromatic rings. The molecule has 0 unspecified atom stereocenters. The number of unbranched alkanes of at least 4 members (excludes halogenated alkanes) is 2. The second-order valence-corrected chi connectivity index (χ2v) is 5.81. The Morgan fingerprint density at radius 2 is 1.81 bits per heavy atom. The molecule has 86 valence electrons. The van der Waals surface area contributed by atoms with Crippen LogP contribution in [0.4, 0.5) is 0 Å². The first-order valence-corrected chi connectivity index (χ1v) is 7.46. The van der Waals surface area contributed by atoms with Crippen molar-refractivity contribution < 1.29 is 0 Å². The standard InChI is InChI=1S/C15H21P/c1-3-5-8-12-13-9-7-11-15(13)16-14(12)10-6-4-2/h7,9,11H,3-6,8,10H2,1-2H3. The van der Waals surface area contributed by atoms with Crippen molar-refractivity contribution in [2.45, 2.75) is 52.4 Å². The summed E-state index contributed by atoms with van der Waals surface area (Å²) in [5, 5.41) is 3.26. The Balaban J connectivity index is 2.13. The van der Waals surface area contributed by atoms with E-state index in [-0.39, 0.29) is 0 Å². The van der Waals surface area contributed by atoms with Gasteiger partial charge in [-0.3, -0.25) is 0 Å². The Kier molecular flexibility index (Phi) is 4.18. The molecule has 2 rings (SSSR count). The molecule has 0 fully saturated rings. The average Bonchev–Trinajstić information content (AvgIpc) is 2.84. The maximum absolute atomic E-state index is 2.31. The molecule has 0 atom stereocenters. The van der Waals surface area contributed by atoms with E-state index in [0.29, 0.717) is 0 Å². The summed E-state index contributed by atoms with van der Waals surface area (Å²) in [6, 6.07) is 0. The van der Waals surface area contributed by atoms with Crippen LogP contribution in [0, 0.1) is 0 Å². The maximum Gasteiger partial charge on any atom is 0.00959 e. The fourth-order valence-corrected chi connectivity index (χ4v) is 3.73. The Labute approximate surface area is 101 Å². The zero-order chi connectivity index (χ0) is 11.4.